The van der Waals surface area contributed by atoms with Crippen LogP contribution in [0.4, 0.5) is 5.69 Å². The van der Waals surface area contributed by atoms with Gasteiger partial charge in [0.2, 0.25) is 0 Å². The normalized spacial score (nSPS) is 10.8. The van der Waals surface area contributed by atoms with Crippen molar-refractivity contribution in [1.29, 1.82) is 0 Å². The molecule has 0 aromatic heterocycles. The van der Waals surface area contributed by atoms with Gasteiger partial charge in [-0.05, 0) is 42.8 Å². The number of rotatable bonds is 4. The fraction of sp³-hybridized carbons (Fsp3) is 0.133. The zero-order valence-corrected chi connectivity index (χ0v) is 10.9. The fourth-order valence-electron chi connectivity index (χ4n) is 1.53. The lowest BCUT2D eigenvalue weighted by Gasteiger charge is -2.05. The van der Waals surface area contributed by atoms with E-state index in [1.54, 1.807) is 6.21 Å². The summed E-state index contributed by atoms with van der Waals surface area (Å²) < 4.78 is 5.38. The quantitative estimate of drug-likeness (QED) is 0.742. The van der Waals surface area contributed by atoms with E-state index >= 15 is 0 Å². The monoisotopic (exact) mass is 259 g/mol. The maximum atomic E-state index is 6.10. The van der Waals surface area contributed by atoms with Crippen molar-refractivity contribution in [2.45, 2.75) is 6.92 Å². The van der Waals surface area contributed by atoms with E-state index < -0.39 is 0 Å². The Hall–Kier alpha value is -1.80. The average Bonchev–Trinajstić information content (AvgIpc) is 2.41. The van der Waals surface area contributed by atoms with E-state index in [4.69, 9.17) is 16.3 Å². The van der Waals surface area contributed by atoms with Gasteiger partial charge in [-0.15, -0.1) is 0 Å². The topological polar surface area (TPSA) is 21.6 Å². The predicted octanol–water partition coefficient (Wildman–Crippen LogP) is 4.49. The van der Waals surface area contributed by atoms with Crippen LogP contribution in [-0.2, 0) is 0 Å². The molecule has 0 atom stereocenters. The molecule has 2 aromatic carbocycles. The van der Waals surface area contributed by atoms with E-state index in [0.717, 1.165) is 11.3 Å². The third-order valence-electron chi connectivity index (χ3n) is 2.37. The first kappa shape index (κ1) is 12.7. The highest BCUT2D eigenvalue weighted by atomic mass is 35.5. The molecule has 2 nitrogen and oxygen atoms in total. The van der Waals surface area contributed by atoms with Crippen molar-refractivity contribution in [2.75, 3.05) is 6.61 Å². The Morgan fingerprint density at radius 3 is 2.61 bits per heavy atom. The number of hydrogen-bond acceptors (Lipinski definition) is 2. The average molecular weight is 260 g/mol. The van der Waals surface area contributed by atoms with Crippen molar-refractivity contribution in [2.24, 2.45) is 4.99 Å². The molecule has 0 aliphatic rings. The lowest BCUT2D eigenvalue weighted by atomic mass is 10.2. The number of benzene rings is 2. The van der Waals surface area contributed by atoms with Gasteiger partial charge in [0.05, 0.1) is 17.3 Å². The zero-order chi connectivity index (χ0) is 12.8. The second kappa shape index (κ2) is 6.22. The van der Waals surface area contributed by atoms with Crippen LogP contribution < -0.4 is 4.74 Å². The Labute approximate surface area is 112 Å². The highest BCUT2D eigenvalue weighted by Gasteiger charge is 2.00. The van der Waals surface area contributed by atoms with Gasteiger partial charge in [0.1, 0.15) is 5.75 Å². The number of ether oxygens (including phenoxy) is 1. The van der Waals surface area contributed by atoms with Crippen molar-refractivity contribution in [3.8, 4) is 5.75 Å². The molecule has 0 aliphatic carbocycles. The molecule has 0 saturated carbocycles. The van der Waals surface area contributed by atoms with Crippen molar-refractivity contribution < 1.29 is 4.74 Å². The van der Waals surface area contributed by atoms with Crippen LogP contribution in [0.3, 0.4) is 0 Å². The molecule has 0 radical (unpaired) electrons. The molecule has 0 unspecified atom stereocenters. The Kier molecular flexibility index (Phi) is 4.37. The largest absolute Gasteiger partial charge is 0.492 e. The third-order valence-corrected chi connectivity index (χ3v) is 2.67. The van der Waals surface area contributed by atoms with E-state index in [2.05, 4.69) is 4.99 Å². The second-order valence-corrected chi connectivity index (χ2v) is 4.12. The number of nitrogens with zero attached hydrogens (tertiary/aromatic N) is 1. The summed E-state index contributed by atoms with van der Waals surface area (Å²) in [5.41, 5.74) is 1.87. The van der Waals surface area contributed by atoms with Crippen LogP contribution in [0.2, 0.25) is 5.02 Å². The van der Waals surface area contributed by atoms with Gasteiger partial charge in [-0.3, -0.25) is 4.99 Å². The van der Waals surface area contributed by atoms with Gasteiger partial charge in [0.25, 0.3) is 0 Å². The SMILES string of the molecule is CCOc1ccc(C=Nc2ccccc2)cc1Cl. The van der Waals surface area contributed by atoms with Gasteiger partial charge < -0.3 is 4.74 Å². The minimum absolute atomic E-state index is 0.605. The van der Waals surface area contributed by atoms with E-state index in [1.165, 1.54) is 0 Å². The van der Waals surface area contributed by atoms with Gasteiger partial charge in [0, 0.05) is 6.21 Å². The summed E-state index contributed by atoms with van der Waals surface area (Å²) in [6.45, 7) is 2.54. The molecule has 0 fully saturated rings. The molecule has 0 saturated heterocycles. The summed E-state index contributed by atoms with van der Waals surface area (Å²) in [5, 5.41) is 0.605. The predicted molar refractivity (Wildman–Crippen MR) is 76.3 cm³/mol. The lowest BCUT2D eigenvalue weighted by Crippen LogP contribution is -1.92. The number of hydrogen-bond donors (Lipinski definition) is 0. The van der Waals surface area contributed by atoms with E-state index in [1.807, 2.05) is 55.5 Å². The van der Waals surface area contributed by atoms with Gasteiger partial charge in [-0.2, -0.15) is 0 Å². The molecule has 0 spiro atoms. The van der Waals surface area contributed by atoms with Gasteiger partial charge >= 0.3 is 0 Å². The number of aliphatic imine (C=N–C) groups is 1. The Morgan fingerprint density at radius 1 is 1.17 bits per heavy atom. The molecule has 0 heterocycles. The fourth-order valence-corrected chi connectivity index (χ4v) is 1.78. The Bertz CT molecular complexity index is 537. The van der Waals surface area contributed by atoms with Crippen LogP contribution in [0, 0.1) is 0 Å². The summed E-state index contributed by atoms with van der Waals surface area (Å²) >= 11 is 6.10. The number of halogens is 1. The minimum atomic E-state index is 0.605. The molecular formula is C15H14ClNO. The van der Waals surface area contributed by atoms with Crippen molar-refractivity contribution in [1.82, 2.24) is 0 Å². The highest BCUT2D eigenvalue weighted by molar-refractivity contribution is 6.32. The first-order valence-electron chi connectivity index (χ1n) is 5.81. The molecule has 18 heavy (non-hydrogen) atoms. The van der Waals surface area contributed by atoms with E-state index in [9.17, 15) is 0 Å². The van der Waals surface area contributed by atoms with Crippen LogP contribution in [0.5, 0.6) is 5.75 Å². The van der Waals surface area contributed by atoms with Crippen LogP contribution in [0.25, 0.3) is 0 Å². The standard InChI is InChI=1S/C15H14ClNO/c1-2-18-15-9-8-12(10-14(15)16)11-17-13-6-4-3-5-7-13/h3-11H,2H2,1H3. The molecule has 0 amide bonds. The van der Waals surface area contributed by atoms with Crippen LogP contribution >= 0.6 is 11.6 Å². The van der Waals surface area contributed by atoms with Gasteiger partial charge in [0.15, 0.2) is 0 Å². The molecule has 0 bridgehead atoms. The maximum Gasteiger partial charge on any atom is 0.137 e. The smallest absolute Gasteiger partial charge is 0.137 e. The van der Waals surface area contributed by atoms with Crippen LogP contribution in [0.1, 0.15) is 12.5 Å². The van der Waals surface area contributed by atoms with E-state index in [0.29, 0.717) is 17.4 Å². The highest BCUT2D eigenvalue weighted by Crippen LogP contribution is 2.25. The van der Waals surface area contributed by atoms with Gasteiger partial charge in [-0.1, -0.05) is 29.8 Å². The summed E-state index contributed by atoms with van der Waals surface area (Å²) in [4.78, 5) is 4.37. The molecule has 2 aromatic rings. The van der Waals surface area contributed by atoms with E-state index in [-0.39, 0.29) is 0 Å². The van der Waals surface area contributed by atoms with Crippen molar-refractivity contribution >= 4 is 23.5 Å². The maximum absolute atomic E-state index is 6.10. The summed E-state index contributed by atoms with van der Waals surface area (Å²) in [7, 11) is 0. The zero-order valence-electron chi connectivity index (χ0n) is 10.1. The molecule has 0 N–H and O–H groups in total. The van der Waals surface area contributed by atoms with Crippen LogP contribution in [0.15, 0.2) is 53.5 Å². The van der Waals surface area contributed by atoms with Crippen molar-refractivity contribution in [3.05, 3.63) is 59.1 Å². The summed E-state index contributed by atoms with van der Waals surface area (Å²) in [6, 6.07) is 15.4. The van der Waals surface area contributed by atoms with Gasteiger partial charge in [-0.25, -0.2) is 0 Å². The molecule has 3 heteroatoms. The second-order valence-electron chi connectivity index (χ2n) is 3.72. The Balaban J connectivity index is 2.15. The first-order chi connectivity index (χ1) is 8.79. The molecule has 2 rings (SSSR count). The minimum Gasteiger partial charge on any atom is -0.492 e. The van der Waals surface area contributed by atoms with Crippen molar-refractivity contribution in [3.63, 3.8) is 0 Å². The third kappa shape index (κ3) is 3.34. The molecular weight excluding hydrogens is 246 g/mol. The lowest BCUT2D eigenvalue weighted by molar-refractivity contribution is 0.340. The number of para-hydroxylation sites is 1. The Morgan fingerprint density at radius 2 is 1.94 bits per heavy atom. The first-order valence-corrected chi connectivity index (χ1v) is 6.19. The summed E-state index contributed by atoms with van der Waals surface area (Å²) in [6.07, 6.45) is 1.79. The molecule has 0 aliphatic heterocycles. The summed E-state index contributed by atoms with van der Waals surface area (Å²) in [5.74, 6) is 0.705. The molecule has 92 valence electrons. The van der Waals surface area contributed by atoms with Crippen LogP contribution in [-0.4, -0.2) is 12.8 Å².